The Bertz CT molecular complexity index is 1030. The molecular weight excluding hydrogens is 424 g/mol. The molecule has 2 atom stereocenters. The van der Waals surface area contributed by atoms with Crippen LogP contribution in [0.25, 0.3) is 0 Å². The van der Waals surface area contributed by atoms with E-state index in [1.807, 2.05) is 0 Å². The van der Waals surface area contributed by atoms with Gasteiger partial charge in [-0.1, -0.05) is 60.7 Å². The van der Waals surface area contributed by atoms with Crippen molar-refractivity contribution in [1.29, 1.82) is 0 Å². The lowest BCUT2D eigenvalue weighted by atomic mass is 9.83. The van der Waals surface area contributed by atoms with Crippen LogP contribution >= 0.6 is 0 Å². The molecular formula is C25H30N2O6. The number of carbonyl (C=O) groups excluding carboxylic acids is 3. The minimum atomic E-state index is -2.27. The first kappa shape index (κ1) is 24.3. The normalized spacial score (nSPS) is 21.2. The summed E-state index contributed by atoms with van der Waals surface area (Å²) < 4.78 is 11.0. The summed E-state index contributed by atoms with van der Waals surface area (Å²) in [5.74, 6) is -1.01. The van der Waals surface area contributed by atoms with Gasteiger partial charge in [0.15, 0.2) is 5.60 Å². The Hall–Kier alpha value is -3.39. The van der Waals surface area contributed by atoms with Gasteiger partial charge in [-0.3, -0.25) is 4.79 Å². The predicted molar refractivity (Wildman–Crippen MR) is 121 cm³/mol. The van der Waals surface area contributed by atoms with E-state index in [0.717, 1.165) is 5.01 Å². The van der Waals surface area contributed by atoms with Gasteiger partial charge in [-0.05, 0) is 52.7 Å². The fourth-order valence-electron chi connectivity index (χ4n) is 3.63. The SMILES string of the molecule is CC(C)(C)OC(=O)N1C(=O)[C@](O)(c2ccccc2)[C@H](c2ccccc2)N1C(=O)OC(C)(C)C. The number of hydrogen-bond donors (Lipinski definition) is 1. The van der Waals surface area contributed by atoms with Crippen molar-refractivity contribution < 1.29 is 29.0 Å². The average Bonchev–Trinajstić information content (AvgIpc) is 2.95. The van der Waals surface area contributed by atoms with Gasteiger partial charge in [-0.15, -0.1) is 5.01 Å². The number of hydrogen-bond acceptors (Lipinski definition) is 6. The fraction of sp³-hybridized carbons (Fsp3) is 0.400. The molecule has 8 heteroatoms. The van der Waals surface area contributed by atoms with Crippen LogP contribution in [0, 0.1) is 0 Å². The maximum atomic E-state index is 13.7. The highest BCUT2D eigenvalue weighted by molar-refractivity contribution is 6.02. The van der Waals surface area contributed by atoms with Gasteiger partial charge in [-0.2, -0.15) is 5.01 Å². The molecule has 1 aliphatic heterocycles. The molecule has 176 valence electrons. The largest absolute Gasteiger partial charge is 0.442 e. The minimum Gasteiger partial charge on any atom is -0.442 e. The fourth-order valence-corrected chi connectivity index (χ4v) is 3.63. The number of benzene rings is 2. The van der Waals surface area contributed by atoms with Crippen LogP contribution in [0.15, 0.2) is 60.7 Å². The molecule has 1 aliphatic rings. The Kier molecular flexibility index (Phi) is 6.26. The molecule has 0 bridgehead atoms. The zero-order valence-electron chi connectivity index (χ0n) is 19.7. The number of amides is 3. The summed E-state index contributed by atoms with van der Waals surface area (Å²) in [5, 5.41) is 13.3. The smallest absolute Gasteiger partial charge is 0.437 e. The van der Waals surface area contributed by atoms with Gasteiger partial charge >= 0.3 is 12.2 Å². The third-order valence-corrected chi connectivity index (χ3v) is 4.85. The van der Waals surface area contributed by atoms with Crippen LogP contribution in [0.4, 0.5) is 9.59 Å². The van der Waals surface area contributed by atoms with E-state index in [-0.39, 0.29) is 5.56 Å². The highest BCUT2D eigenvalue weighted by Gasteiger charge is 2.64. The van der Waals surface area contributed by atoms with Crippen molar-refractivity contribution in [2.24, 2.45) is 0 Å². The van der Waals surface area contributed by atoms with E-state index in [1.165, 1.54) is 0 Å². The van der Waals surface area contributed by atoms with E-state index >= 15 is 0 Å². The molecule has 1 fully saturated rings. The lowest BCUT2D eigenvalue weighted by Crippen LogP contribution is -2.50. The van der Waals surface area contributed by atoms with E-state index in [0.29, 0.717) is 10.6 Å². The standard InChI is InChI=1S/C25H30N2O6/c1-23(2,3)32-21(29)26-19(17-13-9-7-10-14-17)25(31,18-15-11-8-12-16-18)20(28)27(26)22(30)33-24(4,5)6/h7-16,19,31H,1-6H3/t19-,25-/m0/s1. The molecule has 1 saturated heterocycles. The molecule has 0 spiro atoms. The third-order valence-electron chi connectivity index (χ3n) is 4.85. The van der Waals surface area contributed by atoms with Crippen LogP contribution in [0.3, 0.4) is 0 Å². The molecule has 0 unspecified atom stereocenters. The first-order chi connectivity index (χ1) is 15.3. The summed E-state index contributed by atoms with van der Waals surface area (Å²) in [6.45, 7) is 9.93. The van der Waals surface area contributed by atoms with Crippen LogP contribution in [0.1, 0.15) is 58.7 Å². The topological polar surface area (TPSA) is 96.4 Å². The monoisotopic (exact) mass is 454 g/mol. The third kappa shape index (κ3) is 4.85. The van der Waals surface area contributed by atoms with Gasteiger partial charge in [0.2, 0.25) is 0 Å². The second-order valence-electron chi connectivity index (χ2n) is 9.87. The number of carbonyl (C=O) groups is 3. The number of nitrogens with zero attached hydrogens (tertiary/aromatic N) is 2. The van der Waals surface area contributed by atoms with Crippen LogP contribution in [0.2, 0.25) is 0 Å². The first-order valence-corrected chi connectivity index (χ1v) is 10.7. The molecule has 1 N–H and O–H groups in total. The van der Waals surface area contributed by atoms with Crippen LogP contribution in [0.5, 0.6) is 0 Å². The molecule has 2 aromatic rings. The molecule has 0 saturated carbocycles. The Morgan fingerprint density at radius 1 is 0.818 bits per heavy atom. The van der Waals surface area contributed by atoms with Crippen molar-refractivity contribution in [1.82, 2.24) is 10.0 Å². The summed E-state index contributed by atoms with van der Waals surface area (Å²) in [7, 11) is 0. The maximum Gasteiger partial charge on any atom is 0.437 e. The van der Waals surface area contributed by atoms with Crippen molar-refractivity contribution in [3.05, 3.63) is 71.8 Å². The molecule has 0 aliphatic carbocycles. The van der Waals surface area contributed by atoms with Crippen LogP contribution < -0.4 is 0 Å². The Balaban J connectivity index is 2.25. The highest BCUT2D eigenvalue weighted by Crippen LogP contribution is 2.48. The van der Waals surface area contributed by atoms with Crippen molar-refractivity contribution >= 4 is 18.1 Å². The number of hydrazine groups is 1. The number of rotatable bonds is 2. The summed E-state index contributed by atoms with van der Waals surface area (Å²) in [4.78, 5) is 40.3. The summed E-state index contributed by atoms with van der Waals surface area (Å²) in [6.07, 6.45) is -2.06. The lowest BCUT2D eigenvalue weighted by Gasteiger charge is -2.34. The van der Waals surface area contributed by atoms with Gasteiger partial charge in [0.05, 0.1) is 0 Å². The second kappa shape index (κ2) is 8.51. The molecule has 3 rings (SSSR count). The van der Waals surface area contributed by atoms with E-state index in [4.69, 9.17) is 9.47 Å². The molecule has 0 radical (unpaired) electrons. The minimum absolute atomic E-state index is 0.225. The Morgan fingerprint density at radius 2 is 1.27 bits per heavy atom. The van der Waals surface area contributed by atoms with Crippen molar-refractivity contribution in [2.45, 2.75) is 64.4 Å². The average molecular weight is 455 g/mol. The zero-order valence-corrected chi connectivity index (χ0v) is 19.7. The molecule has 2 aromatic carbocycles. The van der Waals surface area contributed by atoms with Crippen molar-refractivity contribution in [2.75, 3.05) is 0 Å². The summed E-state index contributed by atoms with van der Waals surface area (Å²) >= 11 is 0. The second-order valence-corrected chi connectivity index (χ2v) is 9.87. The quantitative estimate of drug-likeness (QED) is 0.715. The maximum absolute atomic E-state index is 13.7. The van der Waals surface area contributed by atoms with E-state index in [2.05, 4.69) is 0 Å². The Labute approximate surface area is 193 Å². The number of ether oxygens (including phenoxy) is 2. The summed E-state index contributed by atoms with van der Waals surface area (Å²) in [5.41, 5.74) is -3.48. The molecule has 3 amide bonds. The lowest BCUT2D eigenvalue weighted by molar-refractivity contribution is -0.146. The van der Waals surface area contributed by atoms with Gasteiger partial charge in [0, 0.05) is 0 Å². The molecule has 0 aromatic heterocycles. The molecule has 1 heterocycles. The van der Waals surface area contributed by atoms with Gasteiger partial charge < -0.3 is 14.6 Å². The number of imide groups is 1. The van der Waals surface area contributed by atoms with Gasteiger partial charge in [-0.25, -0.2) is 9.59 Å². The molecule has 8 nitrogen and oxygen atoms in total. The van der Waals surface area contributed by atoms with E-state index in [1.54, 1.807) is 102 Å². The predicted octanol–water partition coefficient (Wildman–Crippen LogP) is 4.54. The summed E-state index contributed by atoms with van der Waals surface area (Å²) in [6, 6.07) is 15.5. The van der Waals surface area contributed by atoms with Crippen molar-refractivity contribution in [3.63, 3.8) is 0 Å². The first-order valence-electron chi connectivity index (χ1n) is 10.7. The van der Waals surface area contributed by atoms with Crippen molar-refractivity contribution in [3.8, 4) is 0 Å². The zero-order chi connectivity index (χ0) is 24.6. The number of aliphatic hydroxyl groups is 1. The Morgan fingerprint density at radius 3 is 1.76 bits per heavy atom. The van der Waals surface area contributed by atoms with Crippen LogP contribution in [-0.4, -0.2) is 44.4 Å². The van der Waals surface area contributed by atoms with E-state index < -0.39 is 40.9 Å². The van der Waals surface area contributed by atoms with Gasteiger partial charge in [0.25, 0.3) is 5.91 Å². The molecule has 33 heavy (non-hydrogen) atoms. The highest BCUT2D eigenvalue weighted by atomic mass is 16.6. The van der Waals surface area contributed by atoms with Gasteiger partial charge in [0.1, 0.15) is 17.2 Å². The van der Waals surface area contributed by atoms with Crippen LogP contribution in [-0.2, 0) is 19.9 Å². The van der Waals surface area contributed by atoms with E-state index in [9.17, 15) is 19.5 Å².